The Labute approximate surface area is 178 Å². The van der Waals surface area contributed by atoms with E-state index in [2.05, 4.69) is 15.5 Å². The van der Waals surface area contributed by atoms with Crippen LogP contribution >= 0.6 is 0 Å². The molecule has 2 aliphatic rings. The summed E-state index contributed by atoms with van der Waals surface area (Å²) in [6.07, 6.45) is -0.263. The molecule has 4 rings (SSSR count). The number of benzene rings is 1. The second-order valence-electron chi connectivity index (χ2n) is 8.38. The highest BCUT2D eigenvalue weighted by atomic mass is 19.4. The van der Waals surface area contributed by atoms with Crippen molar-refractivity contribution in [3.63, 3.8) is 0 Å². The Morgan fingerprint density at radius 1 is 1.16 bits per heavy atom. The lowest BCUT2D eigenvalue weighted by molar-refractivity contribution is -0.149. The molecule has 1 aliphatic carbocycles. The van der Waals surface area contributed by atoms with Gasteiger partial charge in [0.05, 0.1) is 18.7 Å². The molecule has 1 aliphatic heterocycles. The van der Waals surface area contributed by atoms with Crippen molar-refractivity contribution in [2.24, 2.45) is 17.8 Å². The van der Waals surface area contributed by atoms with Crippen molar-refractivity contribution in [2.45, 2.75) is 44.7 Å². The first-order valence-electron chi connectivity index (χ1n) is 10.7. The van der Waals surface area contributed by atoms with E-state index in [1.165, 1.54) is 12.7 Å². The predicted octanol–water partition coefficient (Wildman–Crippen LogP) is 3.65. The van der Waals surface area contributed by atoms with Gasteiger partial charge in [0.15, 0.2) is 0 Å². The van der Waals surface area contributed by atoms with Gasteiger partial charge in [-0.05, 0) is 78.1 Å². The van der Waals surface area contributed by atoms with Crippen LogP contribution in [0.25, 0.3) is 5.69 Å². The van der Waals surface area contributed by atoms with Crippen molar-refractivity contribution in [1.82, 2.24) is 25.1 Å². The minimum Gasteiger partial charge on any atom is -0.494 e. The monoisotopic (exact) mass is 437 g/mol. The second-order valence-corrected chi connectivity index (χ2v) is 8.38. The van der Waals surface area contributed by atoms with E-state index in [-0.39, 0.29) is 5.91 Å². The number of hydrogen-bond donors (Lipinski definition) is 0. The SMILES string of the molecule is O=C(CCC(F)(F)F)N1CCC([C@H]2C[C@H]2CCOc2ccc(-n3cnnn3)cc2)CC1. The highest BCUT2D eigenvalue weighted by Gasteiger charge is 2.43. The van der Waals surface area contributed by atoms with Crippen molar-refractivity contribution in [1.29, 1.82) is 0 Å². The molecule has 1 saturated heterocycles. The Bertz CT molecular complexity index is 849. The number of piperidine rings is 1. The molecule has 10 heteroatoms. The summed E-state index contributed by atoms with van der Waals surface area (Å²) in [5, 5.41) is 11.1. The van der Waals surface area contributed by atoms with E-state index in [0.29, 0.717) is 37.5 Å². The number of tetrazole rings is 1. The number of nitrogens with zero attached hydrogens (tertiary/aromatic N) is 5. The number of aromatic nitrogens is 4. The molecule has 0 radical (unpaired) electrons. The molecule has 1 aromatic carbocycles. The third-order valence-electron chi connectivity index (χ3n) is 6.31. The van der Waals surface area contributed by atoms with Gasteiger partial charge < -0.3 is 9.64 Å². The average Bonchev–Trinajstić information content (AvgIpc) is 3.31. The fourth-order valence-corrected chi connectivity index (χ4v) is 4.47. The molecule has 0 spiro atoms. The van der Waals surface area contributed by atoms with Crippen LogP contribution < -0.4 is 4.74 Å². The Kier molecular flexibility index (Phi) is 6.43. The van der Waals surface area contributed by atoms with Crippen molar-refractivity contribution in [3.05, 3.63) is 30.6 Å². The molecular formula is C21H26F3N5O2. The number of ether oxygens (including phenoxy) is 1. The van der Waals surface area contributed by atoms with Crippen molar-refractivity contribution in [2.75, 3.05) is 19.7 Å². The normalized spacial score (nSPS) is 21.8. The first kappa shape index (κ1) is 21.6. The topological polar surface area (TPSA) is 73.1 Å². The molecule has 2 atom stereocenters. The maximum Gasteiger partial charge on any atom is 0.389 e. The minimum absolute atomic E-state index is 0.373. The molecular weight excluding hydrogens is 411 g/mol. The quantitative estimate of drug-likeness (QED) is 0.630. The minimum atomic E-state index is -4.27. The summed E-state index contributed by atoms with van der Waals surface area (Å²) in [7, 11) is 0. The number of alkyl halides is 3. The van der Waals surface area contributed by atoms with Crippen LogP contribution in [0.5, 0.6) is 5.75 Å². The van der Waals surface area contributed by atoms with Crippen LogP contribution in [0.4, 0.5) is 13.2 Å². The first-order chi connectivity index (χ1) is 14.9. The maximum absolute atomic E-state index is 12.3. The van der Waals surface area contributed by atoms with Crippen LogP contribution in [0.1, 0.15) is 38.5 Å². The molecule has 7 nitrogen and oxygen atoms in total. The summed E-state index contributed by atoms with van der Waals surface area (Å²) in [5.74, 6) is 2.28. The molecule has 1 amide bonds. The van der Waals surface area contributed by atoms with Gasteiger partial charge in [-0.15, -0.1) is 5.10 Å². The lowest BCUT2D eigenvalue weighted by Gasteiger charge is -2.32. The van der Waals surface area contributed by atoms with Gasteiger partial charge in [0.2, 0.25) is 5.91 Å². The van der Waals surface area contributed by atoms with Crippen LogP contribution in [0, 0.1) is 17.8 Å². The molecule has 0 N–H and O–H groups in total. The van der Waals surface area contributed by atoms with Crippen LogP contribution in [-0.2, 0) is 4.79 Å². The molecule has 2 heterocycles. The summed E-state index contributed by atoms with van der Waals surface area (Å²) in [6, 6.07) is 7.59. The predicted molar refractivity (Wildman–Crippen MR) is 105 cm³/mol. The van der Waals surface area contributed by atoms with Crippen LogP contribution in [-0.4, -0.2) is 56.9 Å². The van der Waals surface area contributed by atoms with Gasteiger partial charge >= 0.3 is 6.18 Å². The first-order valence-corrected chi connectivity index (χ1v) is 10.7. The fourth-order valence-electron chi connectivity index (χ4n) is 4.47. The highest BCUT2D eigenvalue weighted by molar-refractivity contribution is 5.76. The van der Waals surface area contributed by atoms with Gasteiger partial charge in [-0.25, -0.2) is 4.68 Å². The lowest BCUT2D eigenvalue weighted by Crippen LogP contribution is -2.39. The Morgan fingerprint density at radius 3 is 2.55 bits per heavy atom. The van der Waals surface area contributed by atoms with E-state index in [9.17, 15) is 18.0 Å². The molecule has 0 bridgehead atoms. The fraction of sp³-hybridized carbons (Fsp3) is 0.619. The summed E-state index contributed by atoms with van der Waals surface area (Å²) < 4.78 is 44.3. The maximum atomic E-state index is 12.3. The Hall–Kier alpha value is -2.65. The zero-order chi connectivity index (χ0) is 21.8. The van der Waals surface area contributed by atoms with Crippen LogP contribution in [0.3, 0.4) is 0 Å². The van der Waals surface area contributed by atoms with Gasteiger partial charge in [-0.1, -0.05) is 0 Å². The summed E-state index contributed by atoms with van der Waals surface area (Å²) in [5.41, 5.74) is 0.864. The Balaban J connectivity index is 1.13. The lowest BCUT2D eigenvalue weighted by atomic mass is 9.90. The van der Waals surface area contributed by atoms with Gasteiger partial charge in [0.25, 0.3) is 0 Å². The summed E-state index contributed by atoms with van der Waals surface area (Å²) in [6.45, 7) is 1.81. The zero-order valence-electron chi connectivity index (χ0n) is 17.2. The summed E-state index contributed by atoms with van der Waals surface area (Å²) in [4.78, 5) is 13.6. The van der Waals surface area contributed by atoms with E-state index in [4.69, 9.17) is 4.74 Å². The van der Waals surface area contributed by atoms with E-state index in [1.54, 1.807) is 9.58 Å². The number of hydrogen-bond acceptors (Lipinski definition) is 5. The molecule has 0 unspecified atom stereocenters. The van der Waals surface area contributed by atoms with Gasteiger partial charge in [0, 0.05) is 19.5 Å². The third-order valence-corrected chi connectivity index (χ3v) is 6.31. The number of carbonyl (C=O) groups is 1. The summed E-state index contributed by atoms with van der Waals surface area (Å²) >= 11 is 0. The molecule has 31 heavy (non-hydrogen) atoms. The average molecular weight is 437 g/mol. The number of likely N-dealkylation sites (tertiary alicyclic amines) is 1. The number of halogens is 3. The van der Waals surface area contributed by atoms with Gasteiger partial charge in [-0.3, -0.25) is 4.79 Å². The van der Waals surface area contributed by atoms with E-state index < -0.39 is 19.0 Å². The Morgan fingerprint density at radius 2 is 1.90 bits per heavy atom. The standard InChI is InChI=1S/C21H26F3N5O2/c22-21(23,24)9-5-20(30)28-10-6-15(7-11-28)19-13-16(19)8-12-31-18-3-1-17(2-4-18)29-14-25-26-27-29/h1-4,14-16,19H,5-13H2/t16-,19-/m1/s1. The molecule has 168 valence electrons. The van der Waals surface area contributed by atoms with Gasteiger partial charge in [-0.2, -0.15) is 13.2 Å². The smallest absolute Gasteiger partial charge is 0.389 e. The largest absolute Gasteiger partial charge is 0.494 e. The molecule has 1 aromatic heterocycles. The zero-order valence-corrected chi connectivity index (χ0v) is 17.2. The van der Waals surface area contributed by atoms with Crippen molar-refractivity contribution >= 4 is 5.91 Å². The second kappa shape index (κ2) is 9.23. The van der Waals surface area contributed by atoms with Crippen LogP contribution in [0.2, 0.25) is 0 Å². The molecule has 1 saturated carbocycles. The van der Waals surface area contributed by atoms with Crippen molar-refractivity contribution in [3.8, 4) is 11.4 Å². The van der Waals surface area contributed by atoms with Crippen molar-refractivity contribution < 1.29 is 22.7 Å². The number of amides is 1. The van der Waals surface area contributed by atoms with Gasteiger partial charge in [0.1, 0.15) is 12.1 Å². The molecule has 2 aromatic rings. The van der Waals surface area contributed by atoms with E-state index >= 15 is 0 Å². The number of rotatable bonds is 8. The number of carbonyl (C=O) groups excluding carboxylic acids is 1. The van der Waals surface area contributed by atoms with Crippen LogP contribution in [0.15, 0.2) is 30.6 Å². The highest BCUT2D eigenvalue weighted by Crippen LogP contribution is 2.49. The molecule has 2 fully saturated rings. The van der Waals surface area contributed by atoms with E-state index in [1.807, 2.05) is 24.3 Å². The van der Waals surface area contributed by atoms with E-state index in [0.717, 1.165) is 30.7 Å². The third kappa shape index (κ3) is 5.95.